The third-order valence-corrected chi connectivity index (χ3v) is 4.71. The van der Waals surface area contributed by atoms with Crippen LogP contribution in [0.5, 0.6) is 0 Å². The molecule has 1 unspecified atom stereocenters. The van der Waals surface area contributed by atoms with Crippen LogP contribution in [0.15, 0.2) is 0 Å². The lowest BCUT2D eigenvalue weighted by molar-refractivity contribution is 0.198. The summed E-state index contributed by atoms with van der Waals surface area (Å²) >= 11 is 0. The standard InChI is InChI=1S/C10H25N3O2S/c1-9(7-11-4)16(14,15)12-8-10(2,3)13(5)6/h9,11-12H,7-8H2,1-6H3. The van der Waals surface area contributed by atoms with Crippen LogP contribution in [0.1, 0.15) is 20.8 Å². The molecule has 0 aromatic rings. The predicted octanol–water partition coefficient (Wildman–Crippen LogP) is -0.146. The van der Waals surface area contributed by atoms with Crippen molar-refractivity contribution >= 4 is 10.0 Å². The van der Waals surface area contributed by atoms with Gasteiger partial charge in [0, 0.05) is 18.6 Å². The molecule has 16 heavy (non-hydrogen) atoms. The first kappa shape index (κ1) is 15.8. The van der Waals surface area contributed by atoms with Crippen molar-refractivity contribution in [1.29, 1.82) is 0 Å². The van der Waals surface area contributed by atoms with E-state index in [-0.39, 0.29) is 5.54 Å². The molecule has 0 aromatic heterocycles. The zero-order valence-electron chi connectivity index (χ0n) is 11.2. The second-order valence-corrected chi connectivity index (χ2v) is 7.12. The minimum atomic E-state index is -3.23. The lowest BCUT2D eigenvalue weighted by Crippen LogP contribution is -2.50. The van der Waals surface area contributed by atoms with Gasteiger partial charge in [0.25, 0.3) is 0 Å². The van der Waals surface area contributed by atoms with Gasteiger partial charge >= 0.3 is 0 Å². The summed E-state index contributed by atoms with van der Waals surface area (Å²) in [5, 5.41) is 2.44. The first-order chi connectivity index (χ1) is 7.13. The third kappa shape index (κ3) is 4.78. The van der Waals surface area contributed by atoms with Crippen LogP contribution in [-0.4, -0.2) is 58.3 Å². The fraction of sp³-hybridized carbons (Fsp3) is 1.00. The fourth-order valence-corrected chi connectivity index (χ4v) is 2.20. The quantitative estimate of drug-likeness (QED) is 0.661. The van der Waals surface area contributed by atoms with E-state index in [1.807, 2.05) is 32.8 Å². The minimum absolute atomic E-state index is 0.188. The summed E-state index contributed by atoms with van der Waals surface area (Å²) < 4.78 is 26.3. The smallest absolute Gasteiger partial charge is 0.215 e. The van der Waals surface area contributed by atoms with E-state index in [0.717, 1.165) is 0 Å². The summed E-state index contributed by atoms with van der Waals surface area (Å²) in [4.78, 5) is 2.00. The number of likely N-dealkylation sites (N-methyl/N-ethyl adjacent to an activating group) is 1. The monoisotopic (exact) mass is 251 g/mol. The van der Waals surface area contributed by atoms with Crippen LogP contribution in [0.2, 0.25) is 0 Å². The van der Waals surface area contributed by atoms with E-state index < -0.39 is 15.3 Å². The van der Waals surface area contributed by atoms with Crippen molar-refractivity contribution in [1.82, 2.24) is 14.9 Å². The van der Waals surface area contributed by atoms with Crippen molar-refractivity contribution in [3.05, 3.63) is 0 Å². The van der Waals surface area contributed by atoms with Gasteiger partial charge in [-0.2, -0.15) is 0 Å². The van der Waals surface area contributed by atoms with Crippen LogP contribution >= 0.6 is 0 Å². The second-order valence-electron chi connectivity index (χ2n) is 4.94. The molecular weight excluding hydrogens is 226 g/mol. The Balaban J connectivity index is 4.40. The first-order valence-corrected chi connectivity index (χ1v) is 6.98. The summed E-state index contributed by atoms with van der Waals surface area (Å²) in [6, 6.07) is 0. The average Bonchev–Trinajstić information content (AvgIpc) is 2.15. The average molecular weight is 251 g/mol. The Labute approximate surface area is 99.6 Å². The Bertz CT molecular complexity index is 299. The Kier molecular flexibility index (Phi) is 5.89. The van der Waals surface area contributed by atoms with Gasteiger partial charge in [0.05, 0.1) is 5.25 Å². The van der Waals surface area contributed by atoms with E-state index in [1.165, 1.54) is 0 Å². The predicted molar refractivity (Wildman–Crippen MR) is 68.1 cm³/mol. The second kappa shape index (κ2) is 5.95. The van der Waals surface area contributed by atoms with Gasteiger partial charge < -0.3 is 10.2 Å². The molecule has 0 saturated heterocycles. The minimum Gasteiger partial charge on any atom is -0.318 e. The molecule has 0 aliphatic rings. The molecule has 0 radical (unpaired) electrons. The fourth-order valence-electron chi connectivity index (χ4n) is 0.975. The van der Waals surface area contributed by atoms with Crippen LogP contribution in [-0.2, 0) is 10.0 Å². The van der Waals surface area contributed by atoms with E-state index in [0.29, 0.717) is 13.1 Å². The van der Waals surface area contributed by atoms with Gasteiger partial charge in [0.2, 0.25) is 10.0 Å². The molecule has 2 N–H and O–H groups in total. The maximum Gasteiger partial charge on any atom is 0.215 e. The molecule has 0 heterocycles. The van der Waals surface area contributed by atoms with Crippen molar-refractivity contribution in [3.63, 3.8) is 0 Å². The maximum atomic E-state index is 11.8. The molecule has 5 nitrogen and oxygen atoms in total. The molecule has 98 valence electrons. The molecular formula is C10H25N3O2S. The van der Waals surface area contributed by atoms with Crippen molar-refractivity contribution in [2.24, 2.45) is 0 Å². The molecule has 1 atom stereocenters. The van der Waals surface area contributed by atoms with Crippen molar-refractivity contribution in [2.75, 3.05) is 34.2 Å². The van der Waals surface area contributed by atoms with Gasteiger partial charge in [0.15, 0.2) is 0 Å². The summed E-state index contributed by atoms with van der Waals surface area (Å²) in [7, 11) is 2.39. The summed E-state index contributed by atoms with van der Waals surface area (Å²) in [6.07, 6.45) is 0. The maximum absolute atomic E-state index is 11.8. The van der Waals surface area contributed by atoms with E-state index >= 15 is 0 Å². The molecule has 0 aliphatic heterocycles. The van der Waals surface area contributed by atoms with Crippen LogP contribution in [0.25, 0.3) is 0 Å². The lowest BCUT2D eigenvalue weighted by atomic mass is 10.1. The number of nitrogens with one attached hydrogen (secondary N) is 2. The summed E-state index contributed by atoms with van der Waals surface area (Å²) in [5.41, 5.74) is -0.188. The van der Waals surface area contributed by atoms with Crippen LogP contribution in [0, 0.1) is 0 Å². The zero-order valence-corrected chi connectivity index (χ0v) is 12.0. The van der Waals surface area contributed by atoms with Crippen molar-refractivity contribution in [2.45, 2.75) is 31.6 Å². The van der Waals surface area contributed by atoms with Crippen molar-refractivity contribution in [3.8, 4) is 0 Å². The molecule has 0 saturated carbocycles. The highest BCUT2D eigenvalue weighted by Crippen LogP contribution is 2.09. The zero-order chi connectivity index (χ0) is 13.0. The molecule has 0 aliphatic carbocycles. The topological polar surface area (TPSA) is 61.4 Å². The van der Waals surface area contributed by atoms with Crippen LogP contribution in [0.3, 0.4) is 0 Å². The molecule has 0 amide bonds. The van der Waals surface area contributed by atoms with Gasteiger partial charge in [0.1, 0.15) is 0 Å². The molecule has 0 rings (SSSR count). The molecule has 0 fully saturated rings. The first-order valence-electron chi connectivity index (χ1n) is 5.44. The summed E-state index contributed by atoms with van der Waals surface area (Å²) in [6.45, 7) is 6.56. The van der Waals surface area contributed by atoms with Gasteiger partial charge in [-0.3, -0.25) is 0 Å². The highest BCUT2D eigenvalue weighted by molar-refractivity contribution is 7.90. The van der Waals surface area contributed by atoms with Crippen LogP contribution < -0.4 is 10.0 Å². The number of hydrogen-bond acceptors (Lipinski definition) is 4. The summed E-state index contributed by atoms with van der Waals surface area (Å²) in [5.74, 6) is 0. The van der Waals surface area contributed by atoms with E-state index in [4.69, 9.17) is 0 Å². The Hall–Kier alpha value is -0.170. The van der Waals surface area contributed by atoms with E-state index in [1.54, 1.807) is 14.0 Å². The molecule has 0 spiro atoms. The highest BCUT2D eigenvalue weighted by atomic mass is 32.2. The van der Waals surface area contributed by atoms with Gasteiger partial charge in [-0.15, -0.1) is 0 Å². The SMILES string of the molecule is CNCC(C)S(=O)(=O)NCC(C)(C)N(C)C. The third-order valence-electron chi connectivity index (χ3n) is 2.94. The Morgan fingerprint density at radius 1 is 1.31 bits per heavy atom. The molecule has 6 heteroatoms. The lowest BCUT2D eigenvalue weighted by Gasteiger charge is -2.33. The Morgan fingerprint density at radius 2 is 1.81 bits per heavy atom. The normalized spacial score (nSPS) is 15.4. The highest BCUT2D eigenvalue weighted by Gasteiger charge is 2.26. The number of rotatable bonds is 7. The number of hydrogen-bond donors (Lipinski definition) is 2. The van der Waals surface area contributed by atoms with E-state index in [2.05, 4.69) is 10.0 Å². The van der Waals surface area contributed by atoms with Gasteiger partial charge in [-0.25, -0.2) is 13.1 Å². The van der Waals surface area contributed by atoms with Gasteiger partial charge in [-0.1, -0.05) is 0 Å². The van der Waals surface area contributed by atoms with Crippen LogP contribution in [0.4, 0.5) is 0 Å². The van der Waals surface area contributed by atoms with Gasteiger partial charge in [-0.05, 0) is 41.9 Å². The largest absolute Gasteiger partial charge is 0.318 e. The Morgan fingerprint density at radius 3 is 2.19 bits per heavy atom. The van der Waals surface area contributed by atoms with E-state index in [9.17, 15) is 8.42 Å². The van der Waals surface area contributed by atoms with Crippen molar-refractivity contribution < 1.29 is 8.42 Å². The number of sulfonamides is 1. The number of nitrogens with zero attached hydrogens (tertiary/aromatic N) is 1. The molecule has 0 bridgehead atoms. The molecule has 0 aromatic carbocycles.